The lowest BCUT2D eigenvalue weighted by Crippen LogP contribution is -2.54. The highest BCUT2D eigenvalue weighted by atomic mass is 35.5. The van der Waals surface area contributed by atoms with Crippen LogP contribution >= 0.6 is 23.4 Å². The van der Waals surface area contributed by atoms with Gasteiger partial charge in [0.15, 0.2) is 10.8 Å². The molecule has 5 nitrogen and oxygen atoms in total. The summed E-state index contributed by atoms with van der Waals surface area (Å²) in [5.74, 6) is -0.0966. The van der Waals surface area contributed by atoms with Crippen molar-refractivity contribution in [1.82, 2.24) is 0 Å². The average molecular weight is 537 g/mol. The highest BCUT2D eigenvalue weighted by Gasteiger charge is 2.55. The van der Waals surface area contributed by atoms with E-state index in [4.69, 9.17) is 21.8 Å². The number of benzene rings is 4. The first-order valence-electron chi connectivity index (χ1n) is 12.3. The van der Waals surface area contributed by atoms with E-state index in [1.54, 1.807) is 6.92 Å². The zero-order valence-electron chi connectivity index (χ0n) is 21.2. The van der Waals surface area contributed by atoms with Gasteiger partial charge in [-0.15, -0.1) is 0 Å². The molecule has 2 aliphatic heterocycles. The fourth-order valence-electron chi connectivity index (χ4n) is 4.92. The molecule has 1 atom stereocenters. The van der Waals surface area contributed by atoms with Gasteiger partial charge in [0.1, 0.15) is 0 Å². The molecule has 0 aromatic heterocycles. The van der Waals surface area contributed by atoms with Gasteiger partial charge in [-0.05, 0) is 73.6 Å². The van der Waals surface area contributed by atoms with Crippen LogP contribution in [0.1, 0.15) is 34.7 Å². The molecule has 7 heteroatoms. The Bertz CT molecular complexity index is 1620. The third-order valence-corrected chi connectivity index (χ3v) is 8.42. The highest BCUT2D eigenvalue weighted by molar-refractivity contribution is 8.17. The van der Waals surface area contributed by atoms with Crippen molar-refractivity contribution in [1.29, 1.82) is 0 Å². The minimum atomic E-state index is -0.978. The number of aryl methyl sites for hydroxylation is 2. The Hall–Kier alpha value is -3.87. The summed E-state index contributed by atoms with van der Waals surface area (Å²) in [4.78, 5) is 11.8. The second-order valence-electron chi connectivity index (χ2n) is 9.42. The summed E-state index contributed by atoms with van der Waals surface area (Å²) in [5, 5.41) is 15.2. The first kappa shape index (κ1) is 24.5. The summed E-state index contributed by atoms with van der Waals surface area (Å²) >= 11 is 7.66. The zero-order chi connectivity index (χ0) is 26.4. The largest absolute Gasteiger partial charge is 0.292 e. The topological polar surface area (TPSA) is 48.3 Å². The van der Waals surface area contributed by atoms with Gasteiger partial charge >= 0.3 is 0 Å². The fourth-order valence-corrected chi connectivity index (χ4v) is 6.33. The smallest absolute Gasteiger partial charge is 0.234 e. The van der Waals surface area contributed by atoms with Crippen LogP contribution in [-0.4, -0.2) is 16.5 Å². The van der Waals surface area contributed by atoms with E-state index in [0.29, 0.717) is 10.1 Å². The summed E-state index contributed by atoms with van der Waals surface area (Å²) < 4.78 is 0. The van der Waals surface area contributed by atoms with Crippen molar-refractivity contribution in [2.75, 3.05) is 10.0 Å². The maximum atomic E-state index is 12.8. The first-order chi connectivity index (χ1) is 18.4. The Kier molecular flexibility index (Phi) is 6.09. The van der Waals surface area contributed by atoms with Gasteiger partial charge in [-0.1, -0.05) is 71.8 Å². The molecule has 0 aliphatic carbocycles. The molecule has 2 heterocycles. The number of hydrazone groups is 2. The zero-order valence-corrected chi connectivity index (χ0v) is 22.8. The van der Waals surface area contributed by atoms with Gasteiger partial charge in [-0.2, -0.15) is 10.2 Å². The van der Waals surface area contributed by atoms with Crippen LogP contribution < -0.4 is 10.0 Å². The summed E-state index contributed by atoms with van der Waals surface area (Å²) in [6.07, 6.45) is 0. The fraction of sp³-hybridized carbons (Fsp3) is 0.129. The van der Waals surface area contributed by atoms with E-state index < -0.39 is 4.99 Å². The van der Waals surface area contributed by atoms with E-state index in [9.17, 15) is 4.79 Å². The van der Waals surface area contributed by atoms with Crippen LogP contribution in [0.5, 0.6) is 0 Å². The molecule has 4 aromatic carbocycles. The van der Waals surface area contributed by atoms with E-state index in [2.05, 4.69) is 44.2 Å². The van der Waals surface area contributed by atoms with Crippen LogP contribution in [0.15, 0.2) is 107 Å². The van der Waals surface area contributed by atoms with Gasteiger partial charge in [0.2, 0.25) is 4.99 Å². The van der Waals surface area contributed by atoms with Crippen LogP contribution in [-0.2, 0) is 9.79 Å². The SMILES string of the molecule is CC(=O)C1=NN(c2ccc(Cl)cc2)[C@@]2(S1)c1ccccc1C(c1cc(C)ccc1C)=NN2c1ccccc1. The quantitative estimate of drug-likeness (QED) is 0.271. The number of thioether (sulfide) groups is 1. The number of halogens is 1. The molecule has 1 spiro atoms. The van der Waals surface area contributed by atoms with Crippen molar-refractivity contribution in [3.8, 4) is 0 Å². The number of rotatable bonds is 4. The molecule has 0 unspecified atom stereocenters. The van der Waals surface area contributed by atoms with Crippen molar-refractivity contribution >= 4 is 51.3 Å². The lowest BCUT2D eigenvalue weighted by atomic mass is 9.90. The number of fused-ring (bicyclic) bond motifs is 2. The third kappa shape index (κ3) is 3.92. The van der Waals surface area contributed by atoms with Gasteiger partial charge in [-0.25, -0.2) is 10.0 Å². The molecular weight excluding hydrogens is 512 g/mol. The standard InChI is InChI=1S/C31H25ClN4OS/c1-20-13-14-21(2)27(19-20)29-26-11-7-8-12-28(26)31(35(33-29)24-9-5-4-6-10-24)36(34-30(38-31)22(3)37)25-17-15-23(32)16-18-25/h4-19H,1-3H3/t31-/m1/s1. The highest BCUT2D eigenvalue weighted by Crippen LogP contribution is 2.55. The van der Waals surface area contributed by atoms with Crippen molar-refractivity contribution in [2.24, 2.45) is 10.2 Å². The van der Waals surface area contributed by atoms with Crippen LogP contribution in [0.3, 0.4) is 0 Å². The number of carbonyl (C=O) groups excluding carboxylic acids is 1. The maximum Gasteiger partial charge on any atom is 0.234 e. The van der Waals surface area contributed by atoms with Gasteiger partial charge < -0.3 is 0 Å². The van der Waals surface area contributed by atoms with E-state index in [1.165, 1.54) is 11.8 Å². The monoisotopic (exact) mass is 536 g/mol. The molecule has 0 saturated heterocycles. The molecule has 4 aromatic rings. The van der Waals surface area contributed by atoms with E-state index >= 15 is 0 Å². The summed E-state index contributed by atoms with van der Waals surface area (Å²) in [6.45, 7) is 5.76. The maximum absolute atomic E-state index is 12.8. The average Bonchev–Trinajstić information content (AvgIpc) is 3.33. The predicted octanol–water partition coefficient (Wildman–Crippen LogP) is 7.50. The molecular formula is C31H25ClN4OS. The molecule has 188 valence electrons. The molecule has 0 N–H and O–H groups in total. The molecule has 2 aliphatic rings. The van der Waals surface area contributed by atoms with Gasteiger partial charge in [0.05, 0.1) is 17.1 Å². The Balaban J connectivity index is 1.68. The Morgan fingerprint density at radius 2 is 1.45 bits per heavy atom. The number of hydrogen-bond acceptors (Lipinski definition) is 6. The van der Waals surface area contributed by atoms with E-state index in [0.717, 1.165) is 44.9 Å². The molecule has 0 saturated carbocycles. The second kappa shape index (κ2) is 9.46. The summed E-state index contributed by atoms with van der Waals surface area (Å²) in [6, 6.07) is 32.3. The predicted molar refractivity (Wildman–Crippen MR) is 158 cm³/mol. The molecule has 38 heavy (non-hydrogen) atoms. The molecule has 0 radical (unpaired) electrons. The number of Topliss-reactive ketones (excluding diaryl/α,β-unsaturated/α-hetero) is 1. The number of anilines is 2. The van der Waals surface area contributed by atoms with Crippen molar-refractivity contribution in [3.63, 3.8) is 0 Å². The van der Waals surface area contributed by atoms with Crippen molar-refractivity contribution in [3.05, 3.63) is 130 Å². The lowest BCUT2D eigenvalue weighted by molar-refractivity contribution is -0.110. The summed E-state index contributed by atoms with van der Waals surface area (Å²) in [7, 11) is 0. The van der Waals surface area contributed by atoms with Crippen LogP contribution in [0.25, 0.3) is 0 Å². The number of hydrogen-bond donors (Lipinski definition) is 0. The van der Waals surface area contributed by atoms with Gasteiger partial charge in [-0.3, -0.25) is 4.79 Å². The van der Waals surface area contributed by atoms with Crippen molar-refractivity contribution < 1.29 is 4.79 Å². The number of carbonyl (C=O) groups is 1. The number of para-hydroxylation sites is 1. The van der Waals surface area contributed by atoms with Crippen LogP contribution in [0, 0.1) is 13.8 Å². The molecule has 0 fully saturated rings. The van der Waals surface area contributed by atoms with Crippen LogP contribution in [0.4, 0.5) is 11.4 Å². The summed E-state index contributed by atoms with van der Waals surface area (Å²) in [5.41, 5.74) is 7.94. The van der Waals surface area contributed by atoms with Crippen molar-refractivity contribution in [2.45, 2.75) is 25.8 Å². The normalized spacial score (nSPS) is 18.3. The molecule has 6 rings (SSSR count). The Morgan fingerprint density at radius 3 is 2.18 bits per heavy atom. The molecule has 0 bridgehead atoms. The first-order valence-corrected chi connectivity index (χ1v) is 13.5. The Labute approximate surface area is 231 Å². The molecule has 0 amide bonds. The van der Waals surface area contributed by atoms with Crippen LogP contribution in [0.2, 0.25) is 5.02 Å². The minimum absolute atomic E-state index is 0.0966. The van der Waals surface area contributed by atoms with E-state index in [1.807, 2.05) is 76.7 Å². The number of nitrogens with zero attached hydrogens (tertiary/aromatic N) is 4. The minimum Gasteiger partial charge on any atom is -0.292 e. The third-order valence-electron chi connectivity index (χ3n) is 6.76. The van der Waals surface area contributed by atoms with Gasteiger partial charge in [0, 0.05) is 28.6 Å². The van der Waals surface area contributed by atoms with Gasteiger partial charge in [0.25, 0.3) is 0 Å². The Morgan fingerprint density at radius 1 is 0.789 bits per heavy atom. The number of ketones is 1. The lowest BCUT2D eigenvalue weighted by Gasteiger charge is -2.47. The second-order valence-corrected chi connectivity index (χ2v) is 11.0. The van der Waals surface area contributed by atoms with E-state index in [-0.39, 0.29) is 5.78 Å².